The molecule has 0 spiro atoms. The number of ketones is 1. The van der Waals surface area contributed by atoms with Crippen LogP contribution in [0.4, 0.5) is 0 Å². The molecule has 102 valence electrons. The van der Waals surface area contributed by atoms with Gasteiger partial charge in [-0.15, -0.1) is 0 Å². The van der Waals surface area contributed by atoms with E-state index in [1.807, 2.05) is 0 Å². The van der Waals surface area contributed by atoms with E-state index in [4.69, 9.17) is 0 Å². The third kappa shape index (κ3) is 1.71. The van der Waals surface area contributed by atoms with Crippen LogP contribution < -0.4 is 10.6 Å². The molecular formula is C15H8N2O4. The minimum absolute atomic E-state index is 0.0589. The third-order valence-electron chi connectivity index (χ3n) is 3.51. The maximum atomic E-state index is 12.2. The molecule has 6 nitrogen and oxygen atoms in total. The summed E-state index contributed by atoms with van der Waals surface area (Å²) in [7, 11) is 0. The summed E-state index contributed by atoms with van der Waals surface area (Å²) in [6.45, 7) is 1.69. The quantitative estimate of drug-likeness (QED) is 0.478. The topological polar surface area (TPSA) is 96.7 Å². The number of aliphatic imine (C=N–C) groups is 1. The molecule has 1 aromatic heterocycles. The molecule has 2 aliphatic rings. The van der Waals surface area contributed by atoms with E-state index in [2.05, 4.69) is 9.98 Å². The third-order valence-corrected chi connectivity index (χ3v) is 3.51. The van der Waals surface area contributed by atoms with Crippen molar-refractivity contribution in [2.45, 2.75) is 6.92 Å². The molecule has 1 unspecified atom stereocenters. The van der Waals surface area contributed by atoms with E-state index in [1.54, 1.807) is 24.9 Å². The van der Waals surface area contributed by atoms with Gasteiger partial charge in [0.2, 0.25) is 0 Å². The van der Waals surface area contributed by atoms with Gasteiger partial charge in [-0.1, -0.05) is 5.57 Å². The van der Waals surface area contributed by atoms with Gasteiger partial charge in [0.25, 0.3) is 0 Å². The Bertz CT molecular complexity index is 943. The van der Waals surface area contributed by atoms with Crippen LogP contribution in [0, 0.1) is 5.92 Å². The van der Waals surface area contributed by atoms with Crippen molar-refractivity contribution in [2.75, 3.05) is 0 Å². The fourth-order valence-corrected chi connectivity index (χ4v) is 2.49. The number of hydrogen-bond acceptors (Lipinski definition) is 6. The molecule has 1 aliphatic carbocycles. The van der Waals surface area contributed by atoms with Crippen molar-refractivity contribution < 1.29 is 19.5 Å². The zero-order chi connectivity index (χ0) is 15.1. The maximum Gasteiger partial charge on any atom is 0.188 e. The summed E-state index contributed by atoms with van der Waals surface area (Å²) in [5.74, 6) is 1.80. The van der Waals surface area contributed by atoms with Gasteiger partial charge in [0.15, 0.2) is 5.78 Å². The Morgan fingerprint density at radius 1 is 1.29 bits per heavy atom. The Morgan fingerprint density at radius 2 is 2.05 bits per heavy atom. The molecule has 0 aromatic carbocycles. The van der Waals surface area contributed by atoms with Gasteiger partial charge < -0.3 is 5.11 Å². The number of hydrogen-bond donors (Lipinski definition) is 1. The molecule has 1 N–H and O–H groups in total. The minimum Gasteiger partial charge on any atom is -0.506 e. The van der Waals surface area contributed by atoms with Crippen molar-refractivity contribution in [3.63, 3.8) is 0 Å². The Kier molecular flexibility index (Phi) is 2.77. The second-order valence-corrected chi connectivity index (χ2v) is 4.73. The highest BCUT2D eigenvalue weighted by atomic mass is 16.3. The number of pyridine rings is 1. The van der Waals surface area contributed by atoms with Crippen LogP contribution in [-0.4, -0.2) is 34.0 Å². The summed E-state index contributed by atoms with van der Waals surface area (Å²) in [6, 6.07) is 0. The van der Waals surface area contributed by atoms with Crippen LogP contribution in [0.2, 0.25) is 0 Å². The van der Waals surface area contributed by atoms with E-state index < -0.39 is 11.7 Å². The van der Waals surface area contributed by atoms with Crippen molar-refractivity contribution in [3.8, 4) is 5.75 Å². The van der Waals surface area contributed by atoms with Crippen LogP contribution in [0.15, 0.2) is 22.3 Å². The van der Waals surface area contributed by atoms with Gasteiger partial charge in [-0.3, -0.25) is 14.8 Å². The number of Topliss-reactive ketones (excluding diaryl/α,β-unsaturated/α-hetero) is 1. The minimum atomic E-state index is -0.711. The van der Waals surface area contributed by atoms with Crippen LogP contribution in [0.5, 0.6) is 5.75 Å². The first-order valence-corrected chi connectivity index (χ1v) is 6.07. The molecular weight excluding hydrogens is 272 g/mol. The Labute approximate surface area is 118 Å². The normalized spacial score (nSPS) is 19.4. The van der Waals surface area contributed by atoms with E-state index in [0.29, 0.717) is 22.2 Å². The second-order valence-electron chi connectivity index (χ2n) is 4.73. The van der Waals surface area contributed by atoms with Gasteiger partial charge in [-0.25, -0.2) is 9.59 Å². The largest absolute Gasteiger partial charge is 0.506 e. The molecule has 3 rings (SSSR count). The lowest BCUT2D eigenvalue weighted by atomic mass is 9.82. The lowest BCUT2D eigenvalue weighted by Crippen LogP contribution is -2.33. The first-order valence-electron chi connectivity index (χ1n) is 6.07. The predicted molar refractivity (Wildman–Crippen MR) is 73.2 cm³/mol. The van der Waals surface area contributed by atoms with Crippen LogP contribution in [-0.2, 0) is 14.4 Å². The molecule has 0 saturated heterocycles. The number of carbonyl (C=O) groups is 1. The zero-order valence-corrected chi connectivity index (χ0v) is 10.9. The van der Waals surface area contributed by atoms with Gasteiger partial charge in [-0.2, -0.15) is 0 Å². The molecule has 1 aliphatic heterocycles. The van der Waals surface area contributed by atoms with Crippen molar-refractivity contribution in [1.82, 2.24) is 4.98 Å². The summed E-state index contributed by atoms with van der Waals surface area (Å²) in [4.78, 5) is 41.9. The lowest BCUT2D eigenvalue weighted by molar-refractivity contribution is -0.116. The predicted octanol–water partition coefficient (Wildman–Crippen LogP) is -1.16. The average Bonchev–Trinajstić information content (AvgIpc) is 2.48. The summed E-state index contributed by atoms with van der Waals surface area (Å²) in [5.41, 5.74) is 1.15. The molecule has 1 aromatic rings. The van der Waals surface area contributed by atoms with E-state index in [0.717, 1.165) is 6.21 Å². The van der Waals surface area contributed by atoms with Crippen molar-refractivity contribution in [1.29, 1.82) is 0 Å². The number of aromatic hydroxyl groups is 1. The van der Waals surface area contributed by atoms with E-state index in [1.165, 1.54) is 6.20 Å². The van der Waals surface area contributed by atoms with Gasteiger partial charge in [0.05, 0.1) is 17.0 Å². The van der Waals surface area contributed by atoms with Gasteiger partial charge in [0.1, 0.15) is 28.4 Å². The van der Waals surface area contributed by atoms with Crippen LogP contribution in [0.1, 0.15) is 12.5 Å². The Balaban J connectivity index is 2.47. The average molecular weight is 280 g/mol. The smallest absolute Gasteiger partial charge is 0.188 e. The zero-order valence-electron chi connectivity index (χ0n) is 10.9. The molecule has 1 atom stereocenters. The monoisotopic (exact) mass is 280 g/mol. The molecule has 2 heterocycles. The first kappa shape index (κ1) is 12.9. The first-order chi connectivity index (χ1) is 10.1. The number of nitrogens with zero attached hydrogens (tertiary/aromatic N) is 2. The summed E-state index contributed by atoms with van der Waals surface area (Å²) in [6.07, 6.45) is 3.88. The van der Waals surface area contributed by atoms with Crippen molar-refractivity contribution in [2.24, 2.45) is 10.9 Å². The Morgan fingerprint density at radius 3 is 2.71 bits per heavy atom. The molecule has 21 heavy (non-hydrogen) atoms. The van der Waals surface area contributed by atoms with Crippen molar-refractivity contribution in [3.05, 3.63) is 33.5 Å². The van der Waals surface area contributed by atoms with Crippen LogP contribution in [0.25, 0.3) is 11.8 Å². The molecule has 6 heteroatoms. The van der Waals surface area contributed by atoms with Crippen molar-refractivity contribution >= 4 is 35.7 Å². The van der Waals surface area contributed by atoms with E-state index in [9.17, 15) is 19.5 Å². The Hall–Kier alpha value is -3.07. The van der Waals surface area contributed by atoms with Gasteiger partial charge in [-0.05, 0) is 13.0 Å². The molecule has 0 fully saturated rings. The summed E-state index contributed by atoms with van der Waals surface area (Å²) < 4.78 is 0. The molecule has 0 radical (unpaired) electrons. The number of aromatic nitrogens is 1. The summed E-state index contributed by atoms with van der Waals surface area (Å²) in [5, 5.41) is 10.3. The summed E-state index contributed by atoms with van der Waals surface area (Å²) >= 11 is 0. The standard InChI is InChI=1S/C15H8N2O4/c1-7-2-10-12(16-3-8(5-18)14(10)20)13-11(7)15(21)9(6-19)4-17-13/h2-4,11,20H,1H3. The molecule has 0 saturated carbocycles. The second kappa shape index (κ2) is 4.49. The lowest BCUT2D eigenvalue weighted by Gasteiger charge is -2.24. The molecule has 0 amide bonds. The number of rotatable bonds is 0. The fraction of sp³-hybridized carbons (Fsp3) is 0.133. The SMILES string of the molecule is CC1=Cc2c(O)c(=C=O)cnc2=C2N=CC(=C=O)C(=O)C12. The van der Waals surface area contributed by atoms with Crippen LogP contribution >= 0.6 is 0 Å². The number of allylic oxidation sites excluding steroid dienone is 1. The highest BCUT2D eigenvalue weighted by Crippen LogP contribution is 2.32. The number of fused-ring (bicyclic) bond motifs is 2. The number of carbonyl (C=O) groups excluding carboxylic acids is 3. The fourth-order valence-electron chi connectivity index (χ4n) is 2.49. The highest BCUT2D eigenvalue weighted by Gasteiger charge is 2.34. The molecule has 0 bridgehead atoms. The van der Waals surface area contributed by atoms with Crippen LogP contribution in [0.3, 0.4) is 0 Å². The maximum absolute atomic E-state index is 12.2. The van der Waals surface area contributed by atoms with E-state index in [-0.39, 0.29) is 16.5 Å². The van der Waals surface area contributed by atoms with Gasteiger partial charge >= 0.3 is 0 Å². The van der Waals surface area contributed by atoms with E-state index >= 15 is 0 Å². The van der Waals surface area contributed by atoms with Gasteiger partial charge in [0, 0.05) is 18.0 Å². The highest BCUT2D eigenvalue weighted by molar-refractivity contribution is 6.26.